The number of hydrogen-bond donors (Lipinski definition) is 1. The number of aromatic amines is 1. The van der Waals surface area contributed by atoms with Gasteiger partial charge in [0.05, 0.1) is 28.4 Å². The fourth-order valence-electron chi connectivity index (χ4n) is 3.16. The van der Waals surface area contributed by atoms with Crippen LogP contribution in [0.1, 0.15) is 21.6 Å². The maximum Gasteiger partial charge on any atom is 0.256 e. The van der Waals surface area contributed by atoms with E-state index in [0.717, 1.165) is 11.3 Å². The molecular weight excluding hydrogens is 385 g/mol. The van der Waals surface area contributed by atoms with Crippen LogP contribution < -0.4 is 5.56 Å². The van der Waals surface area contributed by atoms with Gasteiger partial charge in [-0.25, -0.2) is 4.98 Å². The van der Waals surface area contributed by atoms with Gasteiger partial charge in [0.1, 0.15) is 5.82 Å². The van der Waals surface area contributed by atoms with Crippen molar-refractivity contribution in [1.82, 2.24) is 14.9 Å². The lowest BCUT2D eigenvalue weighted by molar-refractivity contribution is 0.0733. The average Bonchev–Trinajstić information content (AvgIpc) is 2.68. The summed E-state index contributed by atoms with van der Waals surface area (Å²) in [5.74, 6) is 0.314. The van der Waals surface area contributed by atoms with Gasteiger partial charge in [0.25, 0.3) is 11.5 Å². The molecule has 0 aliphatic carbocycles. The molecule has 0 spiro atoms. The normalized spacial score (nSPS) is 13.3. The predicted molar refractivity (Wildman–Crippen MR) is 105 cm³/mol. The minimum absolute atomic E-state index is 0.199. The summed E-state index contributed by atoms with van der Waals surface area (Å²) in [4.78, 5) is 34.4. The molecule has 27 heavy (non-hydrogen) atoms. The number of rotatable bonds is 2. The number of H-pyrrole nitrogens is 1. The van der Waals surface area contributed by atoms with Crippen LogP contribution in [-0.4, -0.2) is 27.3 Å². The highest BCUT2D eigenvalue weighted by molar-refractivity contribution is 6.36. The van der Waals surface area contributed by atoms with Crippen molar-refractivity contribution in [3.63, 3.8) is 0 Å². The Labute approximate surface area is 165 Å². The molecule has 1 amide bonds. The van der Waals surface area contributed by atoms with Crippen LogP contribution in [0.5, 0.6) is 0 Å². The Kier molecular flexibility index (Phi) is 4.72. The molecule has 1 aromatic heterocycles. The summed E-state index contributed by atoms with van der Waals surface area (Å²) in [6, 6.07) is 14.2. The summed E-state index contributed by atoms with van der Waals surface area (Å²) >= 11 is 12.0. The molecule has 0 radical (unpaired) electrons. The highest BCUT2D eigenvalue weighted by Gasteiger charge is 2.26. The third kappa shape index (κ3) is 3.48. The van der Waals surface area contributed by atoms with Crippen LogP contribution in [0.2, 0.25) is 10.0 Å². The monoisotopic (exact) mass is 399 g/mol. The van der Waals surface area contributed by atoms with Gasteiger partial charge in [-0.05, 0) is 18.2 Å². The van der Waals surface area contributed by atoms with Crippen LogP contribution in [0.25, 0.3) is 11.4 Å². The molecule has 0 atom stereocenters. The lowest BCUT2D eigenvalue weighted by Gasteiger charge is -2.28. The Morgan fingerprint density at radius 3 is 2.63 bits per heavy atom. The van der Waals surface area contributed by atoms with Crippen LogP contribution in [0.4, 0.5) is 0 Å². The summed E-state index contributed by atoms with van der Waals surface area (Å²) in [6.45, 7) is 0.667. The van der Waals surface area contributed by atoms with Gasteiger partial charge in [0, 0.05) is 23.6 Å². The number of halogens is 2. The van der Waals surface area contributed by atoms with Crippen LogP contribution in [0, 0.1) is 0 Å². The van der Waals surface area contributed by atoms with Crippen LogP contribution >= 0.6 is 23.2 Å². The summed E-state index contributed by atoms with van der Waals surface area (Å²) in [7, 11) is 0. The van der Waals surface area contributed by atoms with Gasteiger partial charge in [-0.3, -0.25) is 9.59 Å². The molecular formula is C20H15Cl2N3O2. The van der Waals surface area contributed by atoms with Gasteiger partial charge in [0.15, 0.2) is 0 Å². The lowest BCUT2D eigenvalue weighted by atomic mass is 10.0. The second-order valence-corrected chi connectivity index (χ2v) is 7.15. The van der Waals surface area contributed by atoms with E-state index in [1.807, 2.05) is 30.3 Å². The Morgan fingerprint density at radius 2 is 1.89 bits per heavy atom. The molecule has 4 rings (SSSR count). The van der Waals surface area contributed by atoms with Gasteiger partial charge in [-0.2, -0.15) is 0 Å². The Morgan fingerprint density at radius 1 is 1.11 bits per heavy atom. The van der Waals surface area contributed by atoms with Crippen molar-refractivity contribution < 1.29 is 4.79 Å². The fourth-order valence-corrected chi connectivity index (χ4v) is 3.65. The molecule has 2 aromatic carbocycles. The molecule has 0 bridgehead atoms. The Hall–Kier alpha value is -2.63. The highest BCUT2D eigenvalue weighted by atomic mass is 35.5. The number of aromatic nitrogens is 2. The van der Waals surface area contributed by atoms with E-state index in [0.29, 0.717) is 40.0 Å². The molecule has 1 aliphatic heterocycles. The van der Waals surface area contributed by atoms with Crippen molar-refractivity contribution in [2.45, 2.75) is 13.0 Å². The topological polar surface area (TPSA) is 66.1 Å². The Balaban J connectivity index is 1.64. The van der Waals surface area contributed by atoms with Crippen molar-refractivity contribution in [2.24, 2.45) is 0 Å². The third-order valence-corrected chi connectivity index (χ3v) is 5.11. The Bertz CT molecular complexity index is 1080. The van der Waals surface area contributed by atoms with Gasteiger partial charge in [0.2, 0.25) is 0 Å². The molecule has 1 aliphatic rings. The maximum absolute atomic E-state index is 12.8. The number of benzene rings is 2. The standard InChI is InChI=1S/C20H15Cl2N3O2/c21-13-6-7-14(16(22)10-13)20(27)25-9-8-17-15(11-25)19(26)24-18(23-17)12-4-2-1-3-5-12/h1-7,10H,8-9,11H2,(H,23,24,26). The predicted octanol–water partition coefficient (Wildman–Crippen LogP) is 3.94. The molecule has 0 unspecified atom stereocenters. The smallest absolute Gasteiger partial charge is 0.256 e. The zero-order valence-electron chi connectivity index (χ0n) is 14.2. The van der Waals surface area contributed by atoms with Gasteiger partial charge in [-0.15, -0.1) is 0 Å². The molecule has 7 heteroatoms. The molecule has 136 valence electrons. The fraction of sp³-hybridized carbons (Fsp3) is 0.150. The molecule has 0 saturated carbocycles. The van der Waals surface area contributed by atoms with E-state index in [2.05, 4.69) is 9.97 Å². The first-order valence-corrected chi connectivity index (χ1v) is 9.20. The molecule has 2 heterocycles. The zero-order valence-corrected chi connectivity index (χ0v) is 15.7. The summed E-state index contributed by atoms with van der Waals surface area (Å²) in [6.07, 6.45) is 0.510. The SMILES string of the molecule is O=C(c1ccc(Cl)cc1Cl)N1CCc2nc(-c3ccccc3)[nH]c(=O)c2C1. The number of hydrogen-bond acceptors (Lipinski definition) is 3. The molecule has 1 N–H and O–H groups in total. The van der Waals surface area contributed by atoms with E-state index in [-0.39, 0.29) is 18.0 Å². The van der Waals surface area contributed by atoms with E-state index in [4.69, 9.17) is 23.2 Å². The average molecular weight is 400 g/mol. The summed E-state index contributed by atoms with van der Waals surface area (Å²) in [5, 5.41) is 0.763. The van der Waals surface area contributed by atoms with E-state index >= 15 is 0 Å². The highest BCUT2D eigenvalue weighted by Crippen LogP contribution is 2.25. The molecule has 0 saturated heterocycles. The van der Waals surface area contributed by atoms with E-state index in [1.165, 1.54) is 6.07 Å². The lowest BCUT2D eigenvalue weighted by Crippen LogP contribution is -2.39. The first-order chi connectivity index (χ1) is 13.0. The van der Waals surface area contributed by atoms with Crippen molar-refractivity contribution >= 4 is 29.1 Å². The summed E-state index contributed by atoms with van der Waals surface area (Å²) < 4.78 is 0. The zero-order chi connectivity index (χ0) is 19.0. The number of carbonyl (C=O) groups excluding carboxylic acids is 1. The van der Waals surface area contributed by atoms with Crippen molar-refractivity contribution in [1.29, 1.82) is 0 Å². The number of fused-ring (bicyclic) bond motifs is 1. The third-order valence-electron chi connectivity index (χ3n) is 4.56. The summed E-state index contributed by atoms with van der Waals surface area (Å²) in [5.41, 5.74) is 2.24. The second-order valence-electron chi connectivity index (χ2n) is 6.31. The van der Waals surface area contributed by atoms with Crippen molar-refractivity contribution in [3.05, 3.63) is 85.8 Å². The van der Waals surface area contributed by atoms with E-state index in [9.17, 15) is 9.59 Å². The number of carbonyl (C=O) groups is 1. The number of amides is 1. The minimum atomic E-state index is -0.228. The van der Waals surface area contributed by atoms with E-state index in [1.54, 1.807) is 17.0 Å². The van der Waals surface area contributed by atoms with Gasteiger partial charge < -0.3 is 9.88 Å². The number of nitrogens with zero attached hydrogens (tertiary/aromatic N) is 2. The number of nitrogens with one attached hydrogen (secondary N) is 1. The van der Waals surface area contributed by atoms with E-state index < -0.39 is 0 Å². The van der Waals surface area contributed by atoms with Gasteiger partial charge >= 0.3 is 0 Å². The largest absolute Gasteiger partial charge is 0.334 e. The van der Waals surface area contributed by atoms with Crippen molar-refractivity contribution in [3.8, 4) is 11.4 Å². The van der Waals surface area contributed by atoms with Crippen LogP contribution in [0.3, 0.4) is 0 Å². The van der Waals surface area contributed by atoms with Crippen molar-refractivity contribution in [2.75, 3.05) is 6.54 Å². The first kappa shape index (κ1) is 17.8. The molecule has 3 aromatic rings. The molecule has 0 fully saturated rings. The van der Waals surface area contributed by atoms with Gasteiger partial charge in [-0.1, -0.05) is 53.5 Å². The minimum Gasteiger partial charge on any atom is -0.334 e. The molecule has 5 nitrogen and oxygen atoms in total. The first-order valence-electron chi connectivity index (χ1n) is 8.45. The van der Waals surface area contributed by atoms with Crippen LogP contribution in [0.15, 0.2) is 53.3 Å². The quantitative estimate of drug-likeness (QED) is 0.709. The second kappa shape index (κ2) is 7.18. The van der Waals surface area contributed by atoms with Crippen LogP contribution in [-0.2, 0) is 13.0 Å². The maximum atomic E-state index is 12.8.